The molecular formula is C12H21NO3. The summed E-state index contributed by atoms with van der Waals surface area (Å²) in [6.45, 7) is 5.35. The Balaban J connectivity index is 2.58. The minimum atomic E-state index is -0.806. The van der Waals surface area contributed by atoms with E-state index < -0.39 is 11.4 Å². The SMILES string of the molecule is CCCN(CC)C(=O)CC1(C(=O)O)CCC1. The fourth-order valence-electron chi connectivity index (χ4n) is 2.20. The van der Waals surface area contributed by atoms with Crippen LogP contribution >= 0.6 is 0 Å². The van der Waals surface area contributed by atoms with Crippen molar-refractivity contribution in [1.29, 1.82) is 0 Å². The van der Waals surface area contributed by atoms with Gasteiger partial charge in [0, 0.05) is 19.5 Å². The molecule has 1 N–H and O–H groups in total. The van der Waals surface area contributed by atoms with Gasteiger partial charge in [-0.2, -0.15) is 0 Å². The average Bonchev–Trinajstić information content (AvgIpc) is 2.18. The number of carbonyl (C=O) groups is 2. The molecule has 0 radical (unpaired) electrons. The number of carbonyl (C=O) groups excluding carboxylic acids is 1. The molecule has 0 aromatic heterocycles. The zero-order chi connectivity index (χ0) is 12.2. The Morgan fingerprint density at radius 3 is 2.25 bits per heavy atom. The fourth-order valence-corrected chi connectivity index (χ4v) is 2.20. The third-order valence-corrected chi connectivity index (χ3v) is 3.48. The highest BCUT2D eigenvalue weighted by atomic mass is 16.4. The van der Waals surface area contributed by atoms with Gasteiger partial charge < -0.3 is 10.0 Å². The summed E-state index contributed by atoms with van der Waals surface area (Å²) in [5, 5.41) is 9.15. The molecule has 1 rings (SSSR count). The first-order valence-electron chi connectivity index (χ1n) is 6.07. The van der Waals surface area contributed by atoms with Crippen molar-refractivity contribution in [1.82, 2.24) is 4.90 Å². The van der Waals surface area contributed by atoms with Crippen molar-refractivity contribution < 1.29 is 14.7 Å². The first-order chi connectivity index (χ1) is 7.55. The van der Waals surface area contributed by atoms with Gasteiger partial charge in [-0.3, -0.25) is 9.59 Å². The Hall–Kier alpha value is -1.06. The maximum absolute atomic E-state index is 11.9. The van der Waals surface area contributed by atoms with E-state index in [0.29, 0.717) is 19.4 Å². The lowest BCUT2D eigenvalue weighted by Gasteiger charge is -2.38. The van der Waals surface area contributed by atoms with Crippen molar-refractivity contribution in [3.8, 4) is 0 Å². The van der Waals surface area contributed by atoms with Crippen LogP contribution in [0.5, 0.6) is 0 Å². The predicted molar refractivity (Wildman–Crippen MR) is 61.1 cm³/mol. The van der Waals surface area contributed by atoms with Crippen LogP contribution in [0.15, 0.2) is 0 Å². The smallest absolute Gasteiger partial charge is 0.310 e. The van der Waals surface area contributed by atoms with Gasteiger partial charge in [0.05, 0.1) is 5.41 Å². The van der Waals surface area contributed by atoms with Crippen molar-refractivity contribution in [2.24, 2.45) is 5.41 Å². The van der Waals surface area contributed by atoms with Crippen LogP contribution in [0.2, 0.25) is 0 Å². The Bertz CT molecular complexity index is 271. The van der Waals surface area contributed by atoms with Crippen LogP contribution in [-0.4, -0.2) is 35.0 Å². The maximum Gasteiger partial charge on any atom is 0.310 e. The van der Waals surface area contributed by atoms with E-state index in [0.717, 1.165) is 19.4 Å². The third kappa shape index (κ3) is 2.54. The Morgan fingerprint density at radius 1 is 1.31 bits per heavy atom. The molecule has 92 valence electrons. The Labute approximate surface area is 96.6 Å². The molecule has 0 aromatic carbocycles. The second-order valence-electron chi connectivity index (χ2n) is 4.59. The van der Waals surface area contributed by atoms with E-state index in [1.165, 1.54) is 0 Å². The van der Waals surface area contributed by atoms with E-state index in [2.05, 4.69) is 0 Å². The summed E-state index contributed by atoms with van der Waals surface area (Å²) in [7, 11) is 0. The lowest BCUT2D eigenvalue weighted by Crippen LogP contribution is -2.44. The van der Waals surface area contributed by atoms with Gasteiger partial charge in [0.1, 0.15) is 0 Å². The molecular weight excluding hydrogens is 206 g/mol. The summed E-state index contributed by atoms with van der Waals surface area (Å²) in [5.41, 5.74) is -0.752. The highest BCUT2D eigenvalue weighted by Gasteiger charge is 2.46. The van der Waals surface area contributed by atoms with Gasteiger partial charge in [0.15, 0.2) is 0 Å². The molecule has 0 aromatic rings. The molecule has 4 heteroatoms. The lowest BCUT2D eigenvalue weighted by molar-refractivity contribution is -0.159. The van der Waals surface area contributed by atoms with Crippen molar-refractivity contribution in [2.45, 2.75) is 46.0 Å². The standard InChI is InChI=1S/C12H21NO3/c1-3-8-13(4-2)10(14)9-12(11(15)16)6-5-7-12/h3-9H2,1-2H3,(H,15,16). The monoisotopic (exact) mass is 227 g/mol. The number of hydrogen-bond acceptors (Lipinski definition) is 2. The first-order valence-corrected chi connectivity index (χ1v) is 6.07. The molecule has 0 spiro atoms. The zero-order valence-corrected chi connectivity index (χ0v) is 10.2. The normalized spacial score (nSPS) is 17.6. The second-order valence-corrected chi connectivity index (χ2v) is 4.59. The minimum absolute atomic E-state index is 0.00792. The van der Waals surface area contributed by atoms with E-state index in [-0.39, 0.29) is 12.3 Å². The molecule has 0 saturated heterocycles. The first kappa shape index (κ1) is 13.0. The predicted octanol–water partition coefficient (Wildman–Crippen LogP) is 1.89. The average molecular weight is 227 g/mol. The number of amides is 1. The zero-order valence-electron chi connectivity index (χ0n) is 10.2. The molecule has 1 aliphatic carbocycles. The van der Waals surface area contributed by atoms with Gasteiger partial charge in [0.25, 0.3) is 0 Å². The van der Waals surface area contributed by atoms with E-state index in [4.69, 9.17) is 5.11 Å². The number of aliphatic carboxylic acids is 1. The van der Waals surface area contributed by atoms with E-state index in [1.54, 1.807) is 4.90 Å². The van der Waals surface area contributed by atoms with Gasteiger partial charge >= 0.3 is 5.97 Å². The molecule has 4 nitrogen and oxygen atoms in total. The lowest BCUT2D eigenvalue weighted by atomic mass is 9.66. The van der Waals surface area contributed by atoms with E-state index >= 15 is 0 Å². The summed E-state index contributed by atoms with van der Waals surface area (Å²) in [4.78, 5) is 24.8. The van der Waals surface area contributed by atoms with Gasteiger partial charge in [-0.25, -0.2) is 0 Å². The van der Waals surface area contributed by atoms with E-state index in [9.17, 15) is 9.59 Å². The summed E-state index contributed by atoms with van der Waals surface area (Å²) in [6, 6.07) is 0. The Morgan fingerprint density at radius 2 is 1.94 bits per heavy atom. The molecule has 1 saturated carbocycles. The van der Waals surface area contributed by atoms with Crippen LogP contribution in [-0.2, 0) is 9.59 Å². The van der Waals surface area contributed by atoms with Crippen LogP contribution in [0.3, 0.4) is 0 Å². The third-order valence-electron chi connectivity index (χ3n) is 3.48. The minimum Gasteiger partial charge on any atom is -0.481 e. The van der Waals surface area contributed by atoms with Crippen LogP contribution in [0.4, 0.5) is 0 Å². The van der Waals surface area contributed by atoms with Gasteiger partial charge in [-0.1, -0.05) is 13.3 Å². The number of nitrogens with zero attached hydrogens (tertiary/aromatic N) is 1. The van der Waals surface area contributed by atoms with E-state index in [1.807, 2.05) is 13.8 Å². The van der Waals surface area contributed by atoms with Crippen LogP contribution in [0, 0.1) is 5.41 Å². The van der Waals surface area contributed by atoms with Crippen LogP contribution in [0.1, 0.15) is 46.0 Å². The van der Waals surface area contributed by atoms with Gasteiger partial charge in [-0.15, -0.1) is 0 Å². The number of rotatable bonds is 6. The van der Waals surface area contributed by atoms with Crippen LogP contribution in [0.25, 0.3) is 0 Å². The van der Waals surface area contributed by atoms with Crippen LogP contribution < -0.4 is 0 Å². The highest BCUT2D eigenvalue weighted by molar-refractivity contribution is 5.85. The maximum atomic E-state index is 11.9. The Kier molecular flexibility index (Phi) is 4.33. The number of carboxylic acids is 1. The molecule has 1 aliphatic rings. The summed E-state index contributed by atoms with van der Waals surface area (Å²) >= 11 is 0. The molecule has 1 amide bonds. The highest BCUT2D eigenvalue weighted by Crippen LogP contribution is 2.44. The van der Waals surface area contributed by atoms with Gasteiger partial charge in [0.2, 0.25) is 5.91 Å². The number of hydrogen-bond donors (Lipinski definition) is 1. The van der Waals surface area contributed by atoms with Crippen molar-refractivity contribution >= 4 is 11.9 Å². The topological polar surface area (TPSA) is 57.6 Å². The molecule has 0 heterocycles. The molecule has 16 heavy (non-hydrogen) atoms. The summed E-state index contributed by atoms with van der Waals surface area (Å²) in [6.07, 6.45) is 3.32. The van der Waals surface area contributed by atoms with Gasteiger partial charge in [-0.05, 0) is 26.2 Å². The van der Waals surface area contributed by atoms with Crippen molar-refractivity contribution in [3.63, 3.8) is 0 Å². The van der Waals surface area contributed by atoms with Crippen molar-refractivity contribution in [2.75, 3.05) is 13.1 Å². The quantitative estimate of drug-likeness (QED) is 0.753. The molecule has 1 fully saturated rings. The largest absolute Gasteiger partial charge is 0.481 e. The summed E-state index contributed by atoms with van der Waals surface area (Å²) in [5.74, 6) is -0.814. The molecule has 0 atom stereocenters. The summed E-state index contributed by atoms with van der Waals surface area (Å²) < 4.78 is 0. The molecule has 0 aliphatic heterocycles. The van der Waals surface area contributed by atoms with Crippen molar-refractivity contribution in [3.05, 3.63) is 0 Å². The number of carboxylic acid groups (broad SMARTS) is 1. The molecule has 0 unspecified atom stereocenters. The molecule has 0 bridgehead atoms. The fraction of sp³-hybridized carbons (Fsp3) is 0.833. The second kappa shape index (κ2) is 5.32.